The molecular weight excluding hydrogens is 308 g/mol. The van der Waals surface area contributed by atoms with E-state index in [2.05, 4.69) is 38.6 Å². The Bertz CT molecular complexity index is 550. The monoisotopic (exact) mass is 326 g/mol. The van der Waals surface area contributed by atoms with Gasteiger partial charge in [0.2, 0.25) is 11.2 Å². The van der Waals surface area contributed by atoms with Crippen LogP contribution in [0.1, 0.15) is 44.0 Å². The van der Waals surface area contributed by atoms with Gasteiger partial charge in [-0.05, 0) is 35.9 Å². The first kappa shape index (κ1) is 16.0. The van der Waals surface area contributed by atoms with E-state index in [-0.39, 0.29) is 17.3 Å². The van der Waals surface area contributed by atoms with Crippen LogP contribution in [0, 0.1) is 0 Å². The molecule has 7 heteroatoms. The van der Waals surface area contributed by atoms with Crippen molar-refractivity contribution in [1.29, 1.82) is 0 Å². The highest BCUT2D eigenvalue weighted by Crippen LogP contribution is 2.26. The Morgan fingerprint density at radius 1 is 1.29 bits per heavy atom. The molecule has 0 fully saturated rings. The minimum absolute atomic E-state index is 0.139. The van der Waals surface area contributed by atoms with E-state index in [1.807, 2.05) is 13.0 Å². The van der Waals surface area contributed by atoms with Crippen molar-refractivity contribution in [1.82, 2.24) is 15.0 Å². The number of nitrogens with one attached hydrogen (secondary N) is 1. The second kappa shape index (κ2) is 8.14. The number of ether oxygens (including phenoxy) is 1. The first-order chi connectivity index (χ1) is 10.2. The average molecular weight is 327 g/mol. The Morgan fingerprint density at radius 2 is 2.14 bits per heavy atom. The van der Waals surface area contributed by atoms with Crippen molar-refractivity contribution in [2.75, 3.05) is 11.9 Å². The van der Waals surface area contributed by atoms with Crippen LogP contribution >= 0.6 is 22.9 Å². The lowest BCUT2D eigenvalue weighted by Crippen LogP contribution is -2.13. The molecule has 0 saturated carbocycles. The molecule has 1 atom stereocenters. The predicted molar refractivity (Wildman–Crippen MR) is 86.2 cm³/mol. The van der Waals surface area contributed by atoms with Crippen LogP contribution in [0.2, 0.25) is 5.28 Å². The lowest BCUT2D eigenvalue weighted by atomic mass is 10.1. The standard InChI is InChI=1S/C14H19ClN4OS/c1-3-6-10(11-7-5-9-21-11)16-13-17-12(15)18-14(19-13)20-8-4-2/h5,7,9-10H,3-4,6,8H2,1-2H3,(H,16,17,18,19). The summed E-state index contributed by atoms with van der Waals surface area (Å²) in [6, 6.07) is 4.59. The van der Waals surface area contributed by atoms with E-state index < -0.39 is 0 Å². The fourth-order valence-corrected chi connectivity index (χ4v) is 2.84. The van der Waals surface area contributed by atoms with E-state index in [0.717, 1.165) is 19.3 Å². The van der Waals surface area contributed by atoms with Crippen LogP contribution < -0.4 is 10.1 Å². The maximum Gasteiger partial charge on any atom is 0.322 e. The van der Waals surface area contributed by atoms with Crippen molar-refractivity contribution in [2.45, 2.75) is 39.2 Å². The van der Waals surface area contributed by atoms with Crippen molar-refractivity contribution in [3.8, 4) is 6.01 Å². The number of aromatic nitrogens is 3. The third kappa shape index (κ3) is 4.82. The molecule has 2 heterocycles. The summed E-state index contributed by atoms with van der Waals surface area (Å²) in [6.45, 7) is 4.73. The molecule has 2 aromatic rings. The van der Waals surface area contributed by atoms with Gasteiger partial charge in [0.15, 0.2) is 0 Å². The van der Waals surface area contributed by atoms with Crippen LogP contribution in [0.25, 0.3) is 0 Å². The van der Waals surface area contributed by atoms with Gasteiger partial charge in [-0.2, -0.15) is 15.0 Å². The molecule has 114 valence electrons. The summed E-state index contributed by atoms with van der Waals surface area (Å²) in [4.78, 5) is 13.6. The quantitative estimate of drug-likeness (QED) is 0.782. The Morgan fingerprint density at radius 3 is 2.81 bits per heavy atom. The molecule has 0 amide bonds. The number of nitrogens with zero attached hydrogens (tertiary/aromatic N) is 3. The van der Waals surface area contributed by atoms with E-state index in [1.165, 1.54) is 4.88 Å². The summed E-state index contributed by atoms with van der Waals surface area (Å²) >= 11 is 7.65. The van der Waals surface area contributed by atoms with Crippen LogP contribution in [0.5, 0.6) is 6.01 Å². The van der Waals surface area contributed by atoms with Crippen LogP contribution in [-0.2, 0) is 0 Å². The molecule has 5 nitrogen and oxygen atoms in total. The maximum atomic E-state index is 5.93. The van der Waals surface area contributed by atoms with Gasteiger partial charge in [-0.15, -0.1) is 11.3 Å². The predicted octanol–water partition coefficient (Wildman–Crippen LogP) is 4.33. The SMILES string of the molecule is CCCOc1nc(Cl)nc(NC(CCC)c2cccs2)n1. The van der Waals surface area contributed by atoms with Crippen molar-refractivity contribution in [3.63, 3.8) is 0 Å². The molecule has 2 rings (SSSR count). The van der Waals surface area contributed by atoms with Crippen molar-refractivity contribution in [2.24, 2.45) is 0 Å². The number of anilines is 1. The van der Waals surface area contributed by atoms with E-state index in [1.54, 1.807) is 11.3 Å². The molecule has 1 N–H and O–H groups in total. The number of halogens is 1. The highest BCUT2D eigenvalue weighted by atomic mass is 35.5. The molecular formula is C14H19ClN4OS. The Hall–Kier alpha value is -1.40. The van der Waals surface area contributed by atoms with Gasteiger partial charge in [-0.3, -0.25) is 0 Å². The van der Waals surface area contributed by atoms with Crippen molar-refractivity contribution < 1.29 is 4.74 Å². The third-order valence-electron chi connectivity index (χ3n) is 2.79. The Balaban J connectivity index is 2.14. The summed E-state index contributed by atoms with van der Waals surface area (Å²) in [7, 11) is 0. The average Bonchev–Trinajstić information content (AvgIpc) is 2.98. The van der Waals surface area contributed by atoms with Gasteiger partial charge in [-0.25, -0.2) is 0 Å². The van der Waals surface area contributed by atoms with E-state index in [9.17, 15) is 0 Å². The first-order valence-corrected chi connectivity index (χ1v) is 8.33. The molecule has 0 aromatic carbocycles. The summed E-state index contributed by atoms with van der Waals surface area (Å²) in [6.07, 6.45) is 2.95. The lowest BCUT2D eigenvalue weighted by molar-refractivity contribution is 0.291. The molecule has 1 unspecified atom stereocenters. The molecule has 21 heavy (non-hydrogen) atoms. The van der Waals surface area contributed by atoms with Crippen LogP contribution in [0.4, 0.5) is 5.95 Å². The molecule has 0 spiro atoms. The minimum Gasteiger partial charge on any atom is -0.463 e. The first-order valence-electron chi connectivity index (χ1n) is 7.07. The fourth-order valence-electron chi connectivity index (χ4n) is 1.87. The van der Waals surface area contributed by atoms with Gasteiger partial charge in [-0.1, -0.05) is 26.3 Å². The molecule has 0 radical (unpaired) electrons. The van der Waals surface area contributed by atoms with Gasteiger partial charge >= 0.3 is 6.01 Å². The summed E-state index contributed by atoms with van der Waals surface area (Å²) in [5, 5.41) is 5.53. The zero-order chi connectivity index (χ0) is 15.1. The summed E-state index contributed by atoms with van der Waals surface area (Å²) in [5.74, 6) is 0.452. The van der Waals surface area contributed by atoms with Gasteiger partial charge in [0.05, 0.1) is 12.6 Å². The Labute approximate surface area is 133 Å². The van der Waals surface area contributed by atoms with Crippen molar-refractivity contribution >= 4 is 28.9 Å². The number of hydrogen-bond donors (Lipinski definition) is 1. The zero-order valence-corrected chi connectivity index (χ0v) is 13.7. The van der Waals surface area contributed by atoms with Gasteiger partial charge in [0.1, 0.15) is 0 Å². The summed E-state index contributed by atoms with van der Waals surface area (Å²) in [5.41, 5.74) is 0. The second-order valence-corrected chi connectivity index (χ2v) is 5.88. The molecule has 0 saturated heterocycles. The van der Waals surface area contributed by atoms with Gasteiger partial charge < -0.3 is 10.1 Å². The van der Waals surface area contributed by atoms with E-state index in [0.29, 0.717) is 12.6 Å². The van der Waals surface area contributed by atoms with E-state index >= 15 is 0 Å². The minimum atomic E-state index is 0.139. The summed E-state index contributed by atoms with van der Waals surface area (Å²) < 4.78 is 5.42. The molecule has 0 bridgehead atoms. The number of thiophene rings is 1. The highest BCUT2D eigenvalue weighted by molar-refractivity contribution is 7.10. The fraction of sp³-hybridized carbons (Fsp3) is 0.500. The maximum absolute atomic E-state index is 5.93. The Kier molecular flexibility index (Phi) is 6.20. The lowest BCUT2D eigenvalue weighted by Gasteiger charge is -2.16. The molecule has 0 aliphatic carbocycles. The second-order valence-electron chi connectivity index (χ2n) is 4.56. The van der Waals surface area contributed by atoms with Crippen LogP contribution in [0.3, 0.4) is 0 Å². The molecule has 0 aliphatic rings. The van der Waals surface area contributed by atoms with E-state index in [4.69, 9.17) is 16.3 Å². The number of rotatable bonds is 8. The molecule has 2 aromatic heterocycles. The van der Waals surface area contributed by atoms with Gasteiger partial charge in [0.25, 0.3) is 0 Å². The van der Waals surface area contributed by atoms with Gasteiger partial charge in [0, 0.05) is 4.88 Å². The smallest absolute Gasteiger partial charge is 0.322 e. The number of hydrogen-bond acceptors (Lipinski definition) is 6. The topological polar surface area (TPSA) is 59.9 Å². The normalized spacial score (nSPS) is 12.1. The highest BCUT2D eigenvalue weighted by Gasteiger charge is 2.14. The van der Waals surface area contributed by atoms with Crippen LogP contribution in [0.15, 0.2) is 17.5 Å². The van der Waals surface area contributed by atoms with Crippen LogP contribution in [-0.4, -0.2) is 21.6 Å². The van der Waals surface area contributed by atoms with Crippen molar-refractivity contribution in [3.05, 3.63) is 27.7 Å². The zero-order valence-electron chi connectivity index (χ0n) is 12.2. The largest absolute Gasteiger partial charge is 0.463 e. The molecule has 0 aliphatic heterocycles. The third-order valence-corrected chi connectivity index (χ3v) is 3.95.